The summed E-state index contributed by atoms with van der Waals surface area (Å²) in [6.07, 6.45) is 0. The van der Waals surface area contributed by atoms with Gasteiger partial charge in [-0.05, 0) is 29.0 Å². The molecule has 4 nitrogen and oxygen atoms in total. The molecule has 27 heavy (non-hydrogen) atoms. The Hall–Kier alpha value is -2.14. The third kappa shape index (κ3) is 5.67. The number of amides is 1. The molecule has 0 saturated heterocycles. The number of carbonyl (C=O) groups excluding carboxylic acids is 1. The van der Waals surface area contributed by atoms with Crippen LogP contribution < -0.4 is 0 Å². The third-order valence-corrected chi connectivity index (χ3v) is 6.73. The van der Waals surface area contributed by atoms with Crippen LogP contribution in [0.5, 0.6) is 0 Å². The Morgan fingerprint density at radius 1 is 0.963 bits per heavy atom. The van der Waals surface area contributed by atoms with E-state index in [4.69, 9.17) is 0 Å². The molecule has 0 fully saturated rings. The molecule has 2 aromatic rings. The lowest BCUT2D eigenvalue weighted by atomic mass is 9.87. The van der Waals surface area contributed by atoms with Gasteiger partial charge in [-0.15, -0.1) is 0 Å². The minimum atomic E-state index is -3.59. The minimum absolute atomic E-state index is 0.0147. The second-order valence-electron chi connectivity index (χ2n) is 8.08. The molecule has 0 saturated carbocycles. The highest BCUT2D eigenvalue weighted by molar-refractivity contribution is 7.92. The fourth-order valence-electron chi connectivity index (χ4n) is 2.86. The van der Waals surface area contributed by atoms with E-state index in [1.807, 2.05) is 54.6 Å². The van der Waals surface area contributed by atoms with Crippen molar-refractivity contribution in [2.24, 2.45) is 0 Å². The number of nitrogens with zero attached hydrogens (tertiary/aromatic N) is 1. The maximum Gasteiger partial charge on any atom is 0.240 e. The first kappa shape index (κ1) is 21.2. The smallest absolute Gasteiger partial charge is 0.240 e. The molecule has 1 atom stereocenters. The highest BCUT2D eigenvalue weighted by Crippen LogP contribution is 2.23. The summed E-state index contributed by atoms with van der Waals surface area (Å²) >= 11 is 0. The van der Waals surface area contributed by atoms with Gasteiger partial charge in [0.15, 0.2) is 9.84 Å². The summed E-state index contributed by atoms with van der Waals surface area (Å²) in [6, 6.07) is 17.1. The lowest BCUT2D eigenvalue weighted by Gasteiger charge is -2.22. The van der Waals surface area contributed by atoms with Gasteiger partial charge in [0.05, 0.1) is 5.75 Å². The quantitative estimate of drug-likeness (QED) is 0.754. The summed E-state index contributed by atoms with van der Waals surface area (Å²) < 4.78 is 25.5. The first-order valence-corrected chi connectivity index (χ1v) is 10.8. The first-order valence-electron chi connectivity index (χ1n) is 9.10. The second-order valence-corrected chi connectivity index (χ2v) is 10.4. The van der Waals surface area contributed by atoms with Gasteiger partial charge in [0.1, 0.15) is 5.25 Å². The van der Waals surface area contributed by atoms with Crippen LogP contribution in [0.25, 0.3) is 0 Å². The lowest BCUT2D eigenvalue weighted by Crippen LogP contribution is -2.39. The van der Waals surface area contributed by atoms with Crippen LogP contribution in [0.1, 0.15) is 44.4 Å². The molecule has 1 amide bonds. The Kier molecular flexibility index (Phi) is 6.47. The molecule has 0 heterocycles. The van der Waals surface area contributed by atoms with Gasteiger partial charge >= 0.3 is 0 Å². The number of hydrogen-bond acceptors (Lipinski definition) is 3. The Morgan fingerprint density at radius 3 is 2.04 bits per heavy atom. The first-order chi connectivity index (χ1) is 12.5. The van der Waals surface area contributed by atoms with E-state index in [0.717, 1.165) is 11.1 Å². The van der Waals surface area contributed by atoms with E-state index >= 15 is 0 Å². The van der Waals surface area contributed by atoms with Crippen molar-refractivity contribution in [3.8, 4) is 0 Å². The van der Waals surface area contributed by atoms with Gasteiger partial charge in [0.25, 0.3) is 0 Å². The van der Waals surface area contributed by atoms with Crippen LogP contribution >= 0.6 is 0 Å². The fraction of sp³-hybridized carbons (Fsp3) is 0.409. The number of sulfone groups is 1. The summed E-state index contributed by atoms with van der Waals surface area (Å²) in [5, 5.41) is -1.08. The monoisotopic (exact) mass is 387 g/mol. The zero-order valence-corrected chi connectivity index (χ0v) is 17.6. The third-order valence-electron chi connectivity index (χ3n) is 4.71. The Morgan fingerprint density at radius 2 is 1.52 bits per heavy atom. The van der Waals surface area contributed by atoms with E-state index in [0.29, 0.717) is 12.1 Å². The molecule has 0 aliphatic rings. The predicted molar refractivity (Wildman–Crippen MR) is 110 cm³/mol. The van der Waals surface area contributed by atoms with Gasteiger partial charge in [-0.25, -0.2) is 8.42 Å². The molecule has 2 rings (SSSR count). The van der Waals surface area contributed by atoms with Gasteiger partial charge in [-0.1, -0.05) is 75.4 Å². The zero-order chi connectivity index (χ0) is 20.2. The van der Waals surface area contributed by atoms with Crippen molar-refractivity contribution < 1.29 is 13.2 Å². The number of hydrogen-bond donors (Lipinski definition) is 0. The van der Waals surface area contributed by atoms with Gasteiger partial charge in [0.2, 0.25) is 5.91 Å². The van der Waals surface area contributed by atoms with E-state index in [9.17, 15) is 13.2 Å². The maximum absolute atomic E-state index is 12.7. The largest absolute Gasteiger partial charge is 0.340 e. The molecular formula is C22H29NO3S. The highest BCUT2D eigenvalue weighted by atomic mass is 32.2. The molecule has 0 aliphatic carbocycles. The van der Waals surface area contributed by atoms with Crippen molar-refractivity contribution in [3.63, 3.8) is 0 Å². The molecule has 2 aromatic carbocycles. The van der Waals surface area contributed by atoms with Crippen LogP contribution in [0.15, 0.2) is 54.6 Å². The molecule has 0 aliphatic heterocycles. The van der Waals surface area contributed by atoms with Crippen molar-refractivity contribution in [2.45, 2.75) is 50.7 Å². The zero-order valence-electron chi connectivity index (χ0n) is 16.8. The van der Waals surface area contributed by atoms with Gasteiger partial charge in [-0.3, -0.25) is 4.79 Å². The Bertz CT molecular complexity index is 866. The van der Waals surface area contributed by atoms with E-state index < -0.39 is 15.1 Å². The van der Waals surface area contributed by atoms with Gasteiger partial charge < -0.3 is 4.90 Å². The summed E-state index contributed by atoms with van der Waals surface area (Å²) in [4.78, 5) is 14.1. The van der Waals surface area contributed by atoms with Crippen LogP contribution in [0.2, 0.25) is 0 Å². The van der Waals surface area contributed by atoms with E-state index in [1.54, 1.807) is 7.05 Å². The minimum Gasteiger partial charge on any atom is -0.340 e. The molecular weight excluding hydrogens is 358 g/mol. The van der Waals surface area contributed by atoms with Crippen molar-refractivity contribution >= 4 is 15.7 Å². The molecule has 0 spiro atoms. The van der Waals surface area contributed by atoms with Crippen LogP contribution in [0, 0.1) is 0 Å². The summed E-state index contributed by atoms with van der Waals surface area (Å²) in [5.41, 5.74) is 2.83. The maximum atomic E-state index is 12.7. The number of benzene rings is 2. The van der Waals surface area contributed by atoms with Crippen LogP contribution in [0.3, 0.4) is 0 Å². The summed E-state index contributed by atoms with van der Waals surface area (Å²) in [6.45, 7) is 8.20. The molecule has 0 bridgehead atoms. The van der Waals surface area contributed by atoms with Gasteiger partial charge in [0, 0.05) is 13.6 Å². The lowest BCUT2D eigenvalue weighted by molar-refractivity contribution is -0.129. The van der Waals surface area contributed by atoms with Crippen LogP contribution in [-0.2, 0) is 32.3 Å². The number of rotatable bonds is 6. The van der Waals surface area contributed by atoms with Crippen molar-refractivity contribution in [1.82, 2.24) is 4.90 Å². The molecule has 0 radical (unpaired) electrons. The standard InChI is InChI=1S/C22H29NO3S/c1-17(21(24)23(5)15-18-9-7-6-8-10-18)27(25,26)16-19-11-13-20(14-12-19)22(2,3)4/h6-14,17H,15-16H2,1-5H3. The van der Waals surface area contributed by atoms with E-state index in [-0.39, 0.29) is 17.1 Å². The molecule has 0 aromatic heterocycles. The summed E-state index contributed by atoms with van der Waals surface area (Å²) in [5.74, 6) is -0.520. The van der Waals surface area contributed by atoms with E-state index in [2.05, 4.69) is 20.8 Å². The second kappa shape index (κ2) is 8.26. The number of carbonyl (C=O) groups is 1. The van der Waals surface area contributed by atoms with Gasteiger partial charge in [-0.2, -0.15) is 0 Å². The highest BCUT2D eigenvalue weighted by Gasteiger charge is 2.30. The molecule has 5 heteroatoms. The topological polar surface area (TPSA) is 54.5 Å². The average molecular weight is 388 g/mol. The van der Waals surface area contributed by atoms with Crippen molar-refractivity contribution in [1.29, 1.82) is 0 Å². The predicted octanol–water partition coefficient (Wildman–Crippen LogP) is 3.95. The Labute approximate surface area is 163 Å². The Balaban J connectivity index is 2.07. The molecule has 0 N–H and O–H groups in total. The molecule has 146 valence electrons. The summed E-state index contributed by atoms with van der Waals surface area (Å²) in [7, 11) is -1.95. The van der Waals surface area contributed by atoms with Crippen molar-refractivity contribution in [2.75, 3.05) is 7.05 Å². The molecule has 1 unspecified atom stereocenters. The fourth-order valence-corrected chi connectivity index (χ4v) is 4.25. The van der Waals surface area contributed by atoms with E-state index in [1.165, 1.54) is 11.8 Å². The van der Waals surface area contributed by atoms with Crippen molar-refractivity contribution in [3.05, 3.63) is 71.3 Å². The van der Waals surface area contributed by atoms with Crippen LogP contribution in [-0.4, -0.2) is 31.5 Å². The SMILES string of the molecule is CC(C(=O)N(C)Cc1ccccc1)S(=O)(=O)Cc1ccc(C(C)(C)C)cc1. The average Bonchev–Trinajstić information content (AvgIpc) is 2.60. The normalized spacial score (nSPS) is 13.2. The van der Waals surface area contributed by atoms with Crippen LogP contribution in [0.4, 0.5) is 0 Å².